The Morgan fingerprint density at radius 3 is 2.20 bits per heavy atom. The highest BCUT2D eigenvalue weighted by Gasteiger charge is 2.29. The summed E-state index contributed by atoms with van der Waals surface area (Å²) in [4.78, 5) is 24.7. The molecule has 0 aliphatic heterocycles. The summed E-state index contributed by atoms with van der Waals surface area (Å²) in [6, 6.07) is 7.83. The lowest BCUT2D eigenvalue weighted by Gasteiger charge is -2.18. The molecule has 0 aromatic heterocycles. The Balaban J connectivity index is 2.51. The van der Waals surface area contributed by atoms with Gasteiger partial charge in [0.1, 0.15) is 0 Å². The lowest BCUT2D eigenvalue weighted by molar-refractivity contribution is -0.149. The van der Waals surface area contributed by atoms with Crippen molar-refractivity contribution in [1.82, 2.24) is 5.32 Å². The summed E-state index contributed by atoms with van der Waals surface area (Å²) in [5, 5.41) is 11.7. The molecule has 0 saturated heterocycles. The molecule has 0 fully saturated rings. The number of carboxylic acids is 1. The van der Waals surface area contributed by atoms with Gasteiger partial charge >= 0.3 is 5.97 Å². The zero-order chi connectivity index (χ0) is 15.3. The smallest absolute Gasteiger partial charge is 0.309 e. The first-order valence-corrected chi connectivity index (χ1v) is 6.49. The quantitative estimate of drug-likeness (QED) is 0.833. The number of carbonyl (C=O) groups is 2. The van der Waals surface area contributed by atoms with Crippen LogP contribution in [0, 0.1) is 5.41 Å². The minimum absolute atomic E-state index is 0.0296. The third kappa shape index (κ3) is 4.57. The zero-order valence-corrected chi connectivity index (χ0v) is 12.4. The number of nitrogens with one attached hydrogen (secondary N) is 1. The Morgan fingerprint density at radius 2 is 1.75 bits per heavy atom. The van der Waals surface area contributed by atoms with Crippen LogP contribution in [0.15, 0.2) is 24.3 Å². The normalized spacial score (nSPS) is 11.0. The van der Waals surface area contributed by atoms with E-state index < -0.39 is 11.4 Å². The predicted molar refractivity (Wildman–Crippen MR) is 78.6 cm³/mol. The van der Waals surface area contributed by atoms with E-state index in [0.29, 0.717) is 6.54 Å². The van der Waals surface area contributed by atoms with Crippen LogP contribution in [0.3, 0.4) is 0 Å². The van der Waals surface area contributed by atoms with Gasteiger partial charge in [-0.25, -0.2) is 0 Å². The third-order valence-corrected chi connectivity index (χ3v) is 3.12. The van der Waals surface area contributed by atoms with Gasteiger partial charge in [-0.15, -0.1) is 0 Å². The summed E-state index contributed by atoms with van der Waals surface area (Å²) in [7, 11) is 3.93. The maximum atomic E-state index is 11.7. The number of rotatable bonds is 6. The number of anilines is 1. The second-order valence-corrected chi connectivity index (χ2v) is 5.70. The van der Waals surface area contributed by atoms with E-state index in [0.717, 1.165) is 11.3 Å². The summed E-state index contributed by atoms with van der Waals surface area (Å²) in [6.45, 7) is 3.49. The van der Waals surface area contributed by atoms with E-state index in [1.165, 1.54) is 0 Å². The fourth-order valence-electron chi connectivity index (χ4n) is 1.65. The van der Waals surface area contributed by atoms with Crippen molar-refractivity contribution < 1.29 is 14.7 Å². The first kappa shape index (κ1) is 16.0. The molecule has 2 N–H and O–H groups in total. The van der Waals surface area contributed by atoms with E-state index in [9.17, 15) is 9.59 Å². The van der Waals surface area contributed by atoms with Crippen molar-refractivity contribution in [3.05, 3.63) is 29.8 Å². The minimum atomic E-state index is -1.04. The molecule has 1 aromatic carbocycles. The number of hydrogen-bond acceptors (Lipinski definition) is 3. The first-order chi connectivity index (χ1) is 9.22. The Hall–Kier alpha value is -2.04. The van der Waals surface area contributed by atoms with Crippen LogP contribution in [0.2, 0.25) is 0 Å². The molecule has 0 heterocycles. The van der Waals surface area contributed by atoms with Crippen molar-refractivity contribution in [2.24, 2.45) is 5.41 Å². The van der Waals surface area contributed by atoms with Crippen molar-refractivity contribution in [3.8, 4) is 0 Å². The summed E-state index contributed by atoms with van der Waals surface area (Å²) < 4.78 is 0. The number of carbonyl (C=O) groups excluding carboxylic acids is 1. The van der Waals surface area contributed by atoms with Crippen LogP contribution in [0.25, 0.3) is 0 Å². The molecule has 5 heteroatoms. The molecule has 110 valence electrons. The molecule has 0 unspecified atom stereocenters. The van der Waals surface area contributed by atoms with Gasteiger partial charge in [0, 0.05) is 32.7 Å². The summed E-state index contributed by atoms with van der Waals surface area (Å²) >= 11 is 0. The van der Waals surface area contributed by atoms with Crippen LogP contribution in [0.1, 0.15) is 25.8 Å². The Labute approximate surface area is 119 Å². The molecule has 1 amide bonds. The van der Waals surface area contributed by atoms with Gasteiger partial charge in [0.05, 0.1) is 5.41 Å². The van der Waals surface area contributed by atoms with E-state index in [1.54, 1.807) is 13.8 Å². The molecule has 20 heavy (non-hydrogen) atoms. The van der Waals surface area contributed by atoms with Crippen LogP contribution in [-0.4, -0.2) is 31.1 Å². The maximum absolute atomic E-state index is 11.7. The van der Waals surface area contributed by atoms with Gasteiger partial charge in [-0.1, -0.05) is 12.1 Å². The van der Waals surface area contributed by atoms with Gasteiger partial charge in [0.25, 0.3) is 0 Å². The summed E-state index contributed by atoms with van der Waals surface area (Å²) in [6.07, 6.45) is -0.0296. The van der Waals surface area contributed by atoms with Gasteiger partial charge in [-0.3, -0.25) is 9.59 Å². The average Bonchev–Trinajstić information content (AvgIpc) is 2.36. The lowest BCUT2D eigenvalue weighted by atomic mass is 9.89. The number of hydrogen-bond donors (Lipinski definition) is 2. The largest absolute Gasteiger partial charge is 0.481 e. The molecule has 0 aliphatic rings. The van der Waals surface area contributed by atoms with Crippen LogP contribution in [-0.2, 0) is 16.1 Å². The molecule has 0 radical (unpaired) electrons. The average molecular weight is 278 g/mol. The summed E-state index contributed by atoms with van der Waals surface area (Å²) in [5.41, 5.74) is 1.03. The van der Waals surface area contributed by atoms with Crippen LogP contribution in [0.4, 0.5) is 5.69 Å². The van der Waals surface area contributed by atoms with Crippen LogP contribution >= 0.6 is 0 Å². The minimum Gasteiger partial charge on any atom is -0.481 e. The number of aliphatic carboxylic acids is 1. The standard InChI is InChI=1S/C15H22N2O3/c1-15(2,14(19)20)9-13(18)16-10-11-5-7-12(8-6-11)17(3)4/h5-8H,9-10H2,1-4H3,(H,16,18)(H,19,20). The van der Waals surface area contributed by atoms with E-state index in [2.05, 4.69) is 5.32 Å². The lowest BCUT2D eigenvalue weighted by Crippen LogP contribution is -2.33. The first-order valence-electron chi connectivity index (χ1n) is 6.49. The maximum Gasteiger partial charge on any atom is 0.309 e. The van der Waals surface area contributed by atoms with Crippen molar-refractivity contribution >= 4 is 17.6 Å². The van der Waals surface area contributed by atoms with E-state index >= 15 is 0 Å². The topological polar surface area (TPSA) is 69.6 Å². The second kappa shape index (κ2) is 6.41. The molecular formula is C15H22N2O3. The Morgan fingerprint density at radius 1 is 1.20 bits per heavy atom. The monoisotopic (exact) mass is 278 g/mol. The molecule has 0 spiro atoms. The highest BCUT2D eigenvalue weighted by Crippen LogP contribution is 2.20. The predicted octanol–water partition coefficient (Wildman–Crippen LogP) is 1.87. The zero-order valence-electron chi connectivity index (χ0n) is 12.4. The molecule has 0 aliphatic carbocycles. The van der Waals surface area contributed by atoms with Crippen molar-refractivity contribution in [1.29, 1.82) is 0 Å². The number of amides is 1. The van der Waals surface area contributed by atoms with E-state index in [4.69, 9.17) is 5.11 Å². The molecule has 0 bridgehead atoms. The van der Waals surface area contributed by atoms with Crippen LogP contribution in [0.5, 0.6) is 0 Å². The molecule has 5 nitrogen and oxygen atoms in total. The Bertz CT molecular complexity index is 478. The SMILES string of the molecule is CN(C)c1ccc(CNC(=O)CC(C)(C)C(=O)O)cc1. The highest BCUT2D eigenvalue weighted by atomic mass is 16.4. The summed E-state index contributed by atoms with van der Waals surface area (Å²) in [5.74, 6) is -1.22. The number of nitrogens with zero attached hydrogens (tertiary/aromatic N) is 1. The Kier molecular flexibility index (Phi) is 5.13. The van der Waals surface area contributed by atoms with Gasteiger partial charge in [0.2, 0.25) is 5.91 Å². The van der Waals surface area contributed by atoms with Gasteiger partial charge in [0.15, 0.2) is 0 Å². The van der Waals surface area contributed by atoms with Crippen LogP contribution < -0.4 is 10.2 Å². The van der Waals surface area contributed by atoms with Crippen molar-refractivity contribution in [2.75, 3.05) is 19.0 Å². The van der Waals surface area contributed by atoms with E-state index in [1.807, 2.05) is 43.3 Å². The number of carboxylic acid groups (broad SMARTS) is 1. The fraction of sp³-hybridized carbons (Fsp3) is 0.467. The molecule has 0 atom stereocenters. The highest BCUT2D eigenvalue weighted by molar-refractivity contribution is 5.84. The molecule has 0 saturated carbocycles. The van der Waals surface area contributed by atoms with Gasteiger partial charge in [-0.2, -0.15) is 0 Å². The molecular weight excluding hydrogens is 256 g/mol. The second-order valence-electron chi connectivity index (χ2n) is 5.70. The third-order valence-electron chi connectivity index (χ3n) is 3.12. The number of benzene rings is 1. The van der Waals surface area contributed by atoms with Crippen molar-refractivity contribution in [3.63, 3.8) is 0 Å². The molecule has 1 aromatic rings. The van der Waals surface area contributed by atoms with E-state index in [-0.39, 0.29) is 12.3 Å². The fourth-order valence-corrected chi connectivity index (χ4v) is 1.65. The van der Waals surface area contributed by atoms with Gasteiger partial charge in [-0.05, 0) is 31.5 Å². The molecule has 1 rings (SSSR count). The van der Waals surface area contributed by atoms with Crippen molar-refractivity contribution in [2.45, 2.75) is 26.8 Å². The van der Waals surface area contributed by atoms with Gasteiger partial charge < -0.3 is 15.3 Å².